The van der Waals surface area contributed by atoms with Crippen LogP contribution in [-0.4, -0.2) is 70.5 Å². The molecule has 6 rings (SSSR count). The summed E-state index contributed by atoms with van der Waals surface area (Å²) in [5.41, 5.74) is 5.47. The van der Waals surface area contributed by atoms with Crippen molar-refractivity contribution >= 4 is 29.2 Å². The molecule has 9 heteroatoms. The number of carbonyl (C=O) groups excluding carboxylic acids is 4. The van der Waals surface area contributed by atoms with E-state index in [1.54, 1.807) is 17.0 Å². The number of rotatable bonds is 5. The van der Waals surface area contributed by atoms with Gasteiger partial charge < -0.3 is 9.80 Å². The van der Waals surface area contributed by atoms with Crippen LogP contribution in [0.3, 0.4) is 0 Å². The minimum Gasteiger partial charge on any atom is -0.336 e. The third-order valence-electron chi connectivity index (χ3n) is 8.57. The number of allylic oxidation sites excluding steroid dienone is 1. The fraction of sp³-hybridized carbons (Fsp3) is 0.419. The second-order valence-corrected chi connectivity index (χ2v) is 11.1. The number of carbonyl (C=O) groups is 4. The van der Waals surface area contributed by atoms with E-state index in [-0.39, 0.29) is 30.0 Å². The van der Waals surface area contributed by atoms with Crippen molar-refractivity contribution in [2.24, 2.45) is 0 Å². The van der Waals surface area contributed by atoms with Crippen LogP contribution >= 0.6 is 0 Å². The molecular formula is C31H33FN4O4. The molecule has 2 aromatic carbocycles. The Labute approximate surface area is 232 Å². The van der Waals surface area contributed by atoms with Crippen molar-refractivity contribution in [3.8, 4) is 0 Å². The predicted octanol–water partition coefficient (Wildman–Crippen LogP) is 3.26. The van der Waals surface area contributed by atoms with Gasteiger partial charge in [-0.1, -0.05) is 24.3 Å². The first-order valence-corrected chi connectivity index (χ1v) is 14.1. The van der Waals surface area contributed by atoms with Gasteiger partial charge in [-0.05, 0) is 72.6 Å². The highest BCUT2D eigenvalue weighted by Crippen LogP contribution is 2.34. The number of nitrogens with one attached hydrogen (secondary N) is 1. The van der Waals surface area contributed by atoms with Crippen molar-refractivity contribution in [2.75, 3.05) is 26.2 Å². The van der Waals surface area contributed by atoms with Gasteiger partial charge in [0.2, 0.25) is 17.7 Å². The molecule has 4 aliphatic rings. The molecule has 1 aliphatic carbocycles. The lowest BCUT2D eigenvalue weighted by Crippen LogP contribution is -2.52. The van der Waals surface area contributed by atoms with Gasteiger partial charge in [0, 0.05) is 56.8 Å². The highest BCUT2D eigenvalue weighted by Gasteiger charge is 2.39. The van der Waals surface area contributed by atoms with Crippen LogP contribution in [-0.2, 0) is 27.5 Å². The van der Waals surface area contributed by atoms with Gasteiger partial charge in [-0.25, -0.2) is 4.39 Å². The molecule has 0 spiro atoms. The molecule has 3 heterocycles. The van der Waals surface area contributed by atoms with Gasteiger partial charge in [0.15, 0.2) is 0 Å². The molecule has 208 valence electrons. The summed E-state index contributed by atoms with van der Waals surface area (Å²) < 4.78 is 13.5. The van der Waals surface area contributed by atoms with Gasteiger partial charge in [0.1, 0.15) is 11.9 Å². The lowest BCUT2D eigenvalue weighted by molar-refractivity contribution is -0.137. The first-order valence-electron chi connectivity index (χ1n) is 14.1. The minimum absolute atomic E-state index is 0.100. The van der Waals surface area contributed by atoms with Gasteiger partial charge in [0.05, 0.1) is 0 Å². The standard InChI is InChI=1S/C31H33FN4O4/c32-23-8-6-21(7-9-23)24-3-1-2-4-26(24)30(39)35-15-13-34(14-16-35)18-20-5-10-25-22(17-20)19-36(31(25)40)27-11-12-28(37)33-29(27)38/h5-10,17,27H,1-4,11-16,18-19H2,(H,33,37,38). The number of halogens is 1. The number of piperidine rings is 1. The molecule has 8 nitrogen and oxygen atoms in total. The summed E-state index contributed by atoms with van der Waals surface area (Å²) in [4.78, 5) is 56.2. The number of hydrogen-bond acceptors (Lipinski definition) is 5. The van der Waals surface area contributed by atoms with Crippen molar-refractivity contribution < 1.29 is 23.6 Å². The Balaban J connectivity index is 1.08. The average molecular weight is 545 g/mol. The zero-order valence-electron chi connectivity index (χ0n) is 22.5. The van der Waals surface area contributed by atoms with E-state index in [0.29, 0.717) is 38.2 Å². The van der Waals surface area contributed by atoms with Gasteiger partial charge in [-0.3, -0.25) is 29.4 Å². The lowest BCUT2D eigenvalue weighted by Gasteiger charge is -2.36. The molecule has 2 saturated heterocycles. The quantitative estimate of drug-likeness (QED) is 0.584. The first-order chi connectivity index (χ1) is 19.4. The number of amides is 4. The SMILES string of the molecule is O=C1CCC(N2Cc3cc(CN4CCN(C(=O)C5=C(c6ccc(F)cc6)CCCC5)CC4)ccc3C2=O)C(=O)N1. The molecule has 1 atom stereocenters. The summed E-state index contributed by atoms with van der Waals surface area (Å²) in [5, 5.41) is 2.34. The molecule has 0 radical (unpaired) electrons. The maximum Gasteiger partial charge on any atom is 0.255 e. The van der Waals surface area contributed by atoms with Crippen molar-refractivity contribution in [1.29, 1.82) is 0 Å². The molecule has 2 aromatic rings. The van der Waals surface area contributed by atoms with Crippen molar-refractivity contribution in [3.05, 3.63) is 76.1 Å². The number of piperazine rings is 1. The Morgan fingerprint density at radius 2 is 1.68 bits per heavy atom. The second-order valence-electron chi connectivity index (χ2n) is 11.1. The maximum absolute atomic E-state index is 13.5. The Hall–Kier alpha value is -3.85. The van der Waals surface area contributed by atoms with Crippen LogP contribution in [0, 0.1) is 5.82 Å². The monoisotopic (exact) mass is 544 g/mol. The zero-order chi connectivity index (χ0) is 27.8. The maximum atomic E-state index is 13.5. The van der Waals surface area contributed by atoms with Crippen LogP contribution in [0.2, 0.25) is 0 Å². The number of benzene rings is 2. The van der Waals surface area contributed by atoms with Gasteiger partial charge in [-0.2, -0.15) is 0 Å². The molecule has 1 N–H and O–H groups in total. The van der Waals surface area contributed by atoms with E-state index in [4.69, 9.17) is 0 Å². The molecule has 1 unspecified atom stereocenters. The van der Waals surface area contributed by atoms with Crippen LogP contribution in [0.4, 0.5) is 4.39 Å². The third kappa shape index (κ3) is 5.18. The Bertz CT molecular complexity index is 1390. The molecule has 4 amide bonds. The Morgan fingerprint density at radius 3 is 2.42 bits per heavy atom. The normalized spacial score (nSPS) is 22.0. The van der Waals surface area contributed by atoms with E-state index in [2.05, 4.69) is 10.2 Å². The summed E-state index contributed by atoms with van der Waals surface area (Å²) in [6.45, 7) is 3.87. The Morgan fingerprint density at radius 1 is 0.925 bits per heavy atom. The average Bonchev–Trinajstić information content (AvgIpc) is 3.28. The molecule has 0 saturated carbocycles. The van der Waals surface area contributed by atoms with E-state index < -0.39 is 11.9 Å². The Kier molecular flexibility index (Phi) is 7.23. The van der Waals surface area contributed by atoms with E-state index in [1.165, 1.54) is 12.1 Å². The minimum atomic E-state index is -0.616. The fourth-order valence-corrected chi connectivity index (χ4v) is 6.40. The van der Waals surface area contributed by atoms with Crippen LogP contribution in [0.5, 0.6) is 0 Å². The van der Waals surface area contributed by atoms with Gasteiger partial charge in [-0.15, -0.1) is 0 Å². The number of fused-ring (bicyclic) bond motifs is 1. The van der Waals surface area contributed by atoms with Crippen molar-refractivity contribution in [2.45, 2.75) is 57.7 Å². The van der Waals surface area contributed by atoms with E-state index in [1.807, 2.05) is 23.1 Å². The van der Waals surface area contributed by atoms with Crippen molar-refractivity contribution in [1.82, 2.24) is 20.0 Å². The van der Waals surface area contributed by atoms with Crippen LogP contribution in [0.1, 0.15) is 65.6 Å². The predicted molar refractivity (Wildman–Crippen MR) is 146 cm³/mol. The third-order valence-corrected chi connectivity index (χ3v) is 8.57. The van der Waals surface area contributed by atoms with Crippen LogP contribution in [0.15, 0.2) is 48.0 Å². The summed E-state index contributed by atoms with van der Waals surface area (Å²) >= 11 is 0. The number of hydrogen-bond donors (Lipinski definition) is 1. The van der Waals surface area contributed by atoms with Gasteiger partial charge >= 0.3 is 0 Å². The molecule has 40 heavy (non-hydrogen) atoms. The summed E-state index contributed by atoms with van der Waals surface area (Å²) in [6.07, 6.45) is 4.22. The molecular weight excluding hydrogens is 511 g/mol. The summed E-state index contributed by atoms with van der Waals surface area (Å²) in [6, 6.07) is 11.7. The van der Waals surface area contributed by atoms with Gasteiger partial charge in [0.25, 0.3) is 5.91 Å². The topological polar surface area (TPSA) is 90.0 Å². The highest BCUT2D eigenvalue weighted by molar-refractivity contribution is 6.05. The number of imide groups is 1. The van der Waals surface area contributed by atoms with Crippen molar-refractivity contribution in [3.63, 3.8) is 0 Å². The number of nitrogens with zero attached hydrogens (tertiary/aromatic N) is 3. The zero-order valence-corrected chi connectivity index (χ0v) is 22.5. The molecule has 3 aliphatic heterocycles. The highest BCUT2D eigenvalue weighted by atomic mass is 19.1. The molecule has 2 fully saturated rings. The van der Waals surface area contributed by atoms with Crippen LogP contribution in [0.25, 0.3) is 5.57 Å². The lowest BCUT2D eigenvalue weighted by atomic mass is 9.86. The van der Waals surface area contributed by atoms with Crippen LogP contribution < -0.4 is 5.32 Å². The smallest absolute Gasteiger partial charge is 0.255 e. The molecule has 0 aromatic heterocycles. The fourth-order valence-electron chi connectivity index (χ4n) is 6.40. The second kappa shape index (κ2) is 11.0. The van der Waals surface area contributed by atoms with E-state index >= 15 is 0 Å². The summed E-state index contributed by atoms with van der Waals surface area (Å²) in [5.74, 6) is -1.04. The summed E-state index contributed by atoms with van der Waals surface area (Å²) in [7, 11) is 0. The van der Waals surface area contributed by atoms with E-state index in [9.17, 15) is 23.6 Å². The molecule has 0 bridgehead atoms. The van der Waals surface area contributed by atoms with E-state index in [0.717, 1.165) is 66.6 Å². The first kappa shape index (κ1) is 26.4. The largest absolute Gasteiger partial charge is 0.336 e.